The fraction of sp³-hybridized carbons (Fsp3) is 0.714. The summed E-state index contributed by atoms with van der Waals surface area (Å²) in [5.74, 6) is -1.21. The van der Waals surface area contributed by atoms with Gasteiger partial charge in [0, 0.05) is 6.54 Å². The Hall–Kier alpha value is -2.72. The lowest BCUT2D eigenvalue weighted by atomic mass is 10.1. The molecule has 0 aliphatic heterocycles. The van der Waals surface area contributed by atoms with Gasteiger partial charge in [0.05, 0.1) is 7.11 Å². The van der Waals surface area contributed by atoms with E-state index in [9.17, 15) is 19.2 Å². The first-order chi connectivity index (χ1) is 11.5. The first-order valence-electron chi connectivity index (χ1n) is 7.65. The summed E-state index contributed by atoms with van der Waals surface area (Å²) in [7, 11) is 1.11. The second kappa shape index (κ2) is 10.9. The number of nitrogens with one attached hydrogen (secondary N) is 4. The number of ether oxygens (including phenoxy) is 2. The van der Waals surface area contributed by atoms with Crippen LogP contribution >= 0.6 is 0 Å². The van der Waals surface area contributed by atoms with E-state index in [1.165, 1.54) is 0 Å². The van der Waals surface area contributed by atoms with E-state index in [1.807, 2.05) is 10.9 Å². The van der Waals surface area contributed by atoms with Crippen molar-refractivity contribution in [2.45, 2.75) is 51.7 Å². The van der Waals surface area contributed by atoms with E-state index in [2.05, 4.69) is 15.4 Å². The summed E-state index contributed by atoms with van der Waals surface area (Å²) in [4.78, 5) is 44.8. The first kappa shape index (κ1) is 22.3. The Morgan fingerprint density at radius 1 is 1.04 bits per heavy atom. The number of carboxylic acid groups (broad SMARTS) is 1. The summed E-state index contributed by atoms with van der Waals surface area (Å²) in [5.41, 5.74) is 3.26. The molecular formula is C14H26N4O7. The van der Waals surface area contributed by atoms with E-state index in [0.29, 0.717) is 19.4 Å². The molecule has 11 heteroatoms. The van der Waals surface area contributed by atoms with Gasteiger partial charge in [-0.25, -0.2) is 30.0 Å². The fourth-order valence-corrected chi connectivity index (χ4v) is 1.59. The molecule has 1 unspecified atom stereocenters. The Balaban J connectivity index is 4.05. The summed E-state index contributed by atoms with van der Waals surface area (Å²) in [6, 6.07) is -2.02. The second-order valence-electron chi connectivity index (χ2n) is 6.03. The molecule has 144 valence electrons. The number of unbranched alkanes of at least 4 members (excludes halogenated alkanes) is 1. The van der Waals surface area contributed by atoms with Crippen LogP contribution in [0.15, 0.2) is 0 Å². The molecule has 11 nitrogen and oxygen atoms in total. The molecule has 0 aliphatic rings. The standard InChI is InChI=1S/C14H26N4O7/c1-14(2,3)25-12(22)15-8-6-5-7-9(10(19)20)16-11(21)17-18-13(23)24-4/h9H,5-8H2,1-4H3,(H,15,22)(H,18,23)(H,19,20)(H2,16,17,21). The molecule has 1 atom stereocenters. The molecular weight excluding hydrogens is 336 g/mol. The molecule has 0 saturated carbocycles. The number of methoxy groups -OCH3 is 1. The Morgan fingerprint density at radius 2 is 1.68 bits per heavy atom. The van der Waals surface area contributed by atoms with Gasteiger partial charge in [0.1, 0.15) is 11.6 Å². The normalized spacial score (nSPS) is 11.7. The monoisotopic (exact) mass is 362 g/mol. The molecule has 0 spiro atoms. The highest BCUT2D eigenvalue weighted by molar-refractivity contribution is 5.83. The number of hydrogen-bond acceptors (Lipinski definition) is 6. The van der Waals surface area contributed by atoms with Crippen molar-refractivity contribution in [2.24, 2.45) is 0 Å². The van der Waals surface area contributed by atoms with E-state index in [1.54, 1.807) is 20.8 Å². The highest BCUT2D eigenvalue weighted by Gasteiger charge is 2.20. The number of carbonyl (C=O) groups is 4. The third-order valence-corrected chi connectivity index (χ3v) is 2.65. The van der Waals surface area contributed by atoms with Crippen LogP contribution in [0.25, 0.3) is 0 Å². The van der Waals surface area contributed by atoms with Crippen molar-refractivity contribution in [2.75, 3.05) is 13.7 Å². The van der Waals surface area contributed by atoms with Crippen molar-refractivity contribution in [1.29, 1.82) is 0 Å². The van der Waals surface area contributed by atoms with Crippen molar-refractivity contribution in [1.82, 2.24) is 21.5 Å². The molecule has 0 aromatic rings. The molecule has 0 fully saturated rings. The topological polar surface area (TPSA) is 155 Å². The highest BCUT2D eigenvalue weighted by atomic mass is 16.6. The molecule has 0 rings (SSSR count). The van der Waals surface area contributed by atoms with Crippen LogP contribution in [0.2, 0.25) is 0 Å². The Labute approximate surface area is 145 Å². The van der Waals surface area contributed by atoms with Crippen LogP contribution in [0.3, 0.4) is 0 Å². The van der Waals surface area contributed by atoms with E-state index in [4.69, 9.17) is 9.84 Å². The van der Waals surface area contributed by atoms with Crippen molar-refractivity contribution in [3.8, 4) is 0 Å². The molecule has 0 aromatic carbocycles. The Bertz CT molecular complexity index is 476. The fourth-order valence-electron chi connectivity index (χ4n) is 1.59. The van der Waals surface area contributed by atoms with Gasteiger partial charge in [-0.3, -0.25) is 0 Å². The third kappa shape index (κ3) is 12.4. The van der Waals surface area contributed by atoms with Gasteiger partial charge < -0.3 is 25.2 Å². The predicted molar refractivity (Wildman–Crippen MR) is 86.7 cm³/mol. The van der Waals surface area contributed by atoms with Gasteiger partial charge in [-0.05, 0) is 40.0 Å². The van der Waals surface area contributed by atoms with Crippen LogP contribution in [0.1, 0.15) is 40.0 Å². The van der Waals surface area contributed by atoms with Crippen molar-refractivity contribution in [3.63, 3.8) is 0 Å². The van der Waals surface area contributed by atoms with Crippen LogP contribution in [0.4, 0.5) is 14.4 Å². The smallest absolute Gasteiger partial charge is 0.425 e. The lowest BCUT2D eigenvalue weighted by Gasteiger charge is -2.19. The maximum Gasteiger partial charge on any atom is 0.425 e. The zero-order valence-electron chi connectivity index (χ0n) is 14.8. The van der Waals surface area contributed by atoms with Gasteiger partial charge in [0.15, 0.2) is 0 Å². The SMILES string of the molecule is COC(=O)NNC(=O)NC(CCCCNC(=O)OC(C)(C)C)C(=O)O. The van der Waals surface area contributed by atoms with Gasteiger partial charge in [0.25, 0.3) is 0 Å². The van der Waals surface area contributed by atoms with Gasteiger partial charge >= 0.3 is 24.2 Å². The van der Waals surface area contributed by atoms with Gasteiger partial charge in [-0.15, -0.1) is 0 Å². The first-order valence-corrected chi connectivity index (χ1v) is 7.65. The summed E-state index contributed by atoms with van der Waals surface area (Å²) in [6.45, 7) is 5.55. The lowest BCUT2D eigenvalue weighted by molar-refractivity contribution is -0.139. The Kier molecular flexibility index (Phi) is 9.75. The number of urea groups is 1. The number of amides is 4. The second-order valence-corrected chi connectivity index (χ2v) is 6.03. The number of hydrogen-bond donors (Lipinski definition) is 5. The maximum absolute atomic E-state index is 11.5. The van der Waals surface area contributed by atoms with E-state index < -0.39 is 35.8 Å². The van der Waals surface area contributed by atoms with Crippen LogP contribution in [0.5, 0.6) is 0 Å². The number of aliphatic carboxylic acids is 1. The number of carbonyl (C=O) groups excluding carboxylic acids is 3. The van der Waals surface area contributed by atoms with Crippen LogP contribution < -0.4 is 21.5 Å². The summed E-state index contributed by atoms with van der Waals surface area (Å²) < 4.78 is 9.30. The molecule has 0 radical (unpaired) electrons. The quantitative estimate of drug-likeness (QED) is 0.330. The lowest BCUT2D eigenvalue weighted by Crippen LogP contribution is -2.51. The van der Waals surface area contributed by atoms with Crippen molar-refractivity contribution < 1.29 is 33.8 Å². The van der Waals surface area contributed by atoms with E-state index in [-0.39, 0.29) is 6.42 Å². The van der Waals surface area contributed by atoms with Crippen LogP contribution in [-0.2, 0) is 14.3 Å². The zero-order chi connectivity index (χ0) is 19.5. The molecule has 0 bridgehead atoms. The molecule has 0 aliphatic carbocycles. The van der Waals surface area contributed by atoms with Crippen molar-refractivity contribution >= 4 is 24.2 Å². The minimum absolute atomic E-state index is 0.150. The largest absolute Gasteiger partial charge is 0.480 e. The van der Waals surface area contributed by atoms with Crippen LogP contribution in [0, 0.1) is 0 Å². The predicted octanol–water partition coefficient (Wildman–Crippen LogP) is 0.705. The summed E-state index contributed by atoms with van der Waals surface area (Å²) >= 11 is 0. The number of carboxylic acids is 1. The van der Waals surface area contributed by atoms with Gasteiger partial charge in [-0.2, -0.15) is 0 Å². The molecule has 5 N–H and O–H groups in total. The van der Waals surface area contributed by atoms with Crippen LogP contribution in [-0.4, -0.2) is 54.6 Å². The van der Waals surface area contributed by atoms with E-state index in [0.717, 1.165) is 7.11 Å². The molecule has 4 amide bonds. The number of rotatable bonds is 7. The average Bonchev–Trinajstić information content (AvgIpc) is 2.49. The average molecular weight is 362 g/mol. The molecule has 25 heavy (non-hydrogen) atoms. The van der Waals surface area contributed by atoms with Crippen molar-refractivity contribution in [3.05, 3.63) is 0 Å². The summed E-state index contributed by atoms with van der Waals surface area (Å²) in [6.07, 6.45) is -0.342. The molecule has 0 aromatic heterocycles. The maximum atomic E-state index is 11.5. The molecule has 0 heterocycles. The Morgan fingerprint density at radius 3 is 2.20 bits per heavy atom. The minimum Gasteiger partial charge on any atom is -0.480 e. The van der Waals surface area contributed by atoms with Gasteiger partial charge in [0.2, 0.25) is 0 Å². The summed E-state index contributed by atoms with van der Waals surface area (Å²) in [5, 5.41) is 13.8. The number of hydrazine groups is 1. The third-order valence-electron chi connectivity index (χ3n) is 2.65. The zero-order valence-corrected chi connectivity index (χ0v) is 14.8. The molecule has 0 saturated heterocycles. The minimum atomic E-state index is -1.21. The van der Waals surface area contributed by atoms with Gasteiger partial charge in [-0.1, -0.05) is 0 Å². The van der Waals surface area contributed by atoms with E-state index >= 15 is 0 Å². The highest BCUT2D eigenvalue weighted by Crippen LogP contribution is 2.06. The number of alkyl carbamates (subject to hydrolysis) is 1.